The molecule has 0 bridgehead atoms. The molecule has 0 spiro atoms. The predicted octanol–water partition coefficient (Wildman–Crippen LogP) is 5.01. The largest absolute Gasteiger partial charge is 0.356 e. The van der Waals surface area contributed by atoms with Crippen molar-refractivity contribution in [2.45, 2.75) is 51.4 Å². The molecule has 0 N–H and O–H groups in total. The maximum Gasteiger partial charge on any atom is 0.163 e. The van der Waals surface area contributed by atoms with Gasteiger partial charge < -0.3 is 4.90 Å². The molecule has 1 aliphatic carbocycles. The van der Waals surface area contributed by atoms with E-state index in [9.17, 15) is 0 Å². The van der Waals surface area contributed by atoms with Gasteiger partial charge in [-0.25, -0.2) is 9.97 Å². The Balaban J connectivity index is 1.71. The molecular weight excluding hydrogens is 340 g/mol. The lowest BCUT2D eigenvalue weighted by Crippen LogP contribution is -2.25. The van der Waals surface area contributed by atoms with Crippen molar-refractivity contribution in [3.63, 3.8) is 0 Å². The second kappa shape index (κ2) is 6.95. The summed E-state index contributed by atoms with van der Waals surface area (Å²) >= 11 is 1.90. The first-order valence-electron chi connectivity index (χ1n) is 9.88. The number of hydrogen-bond acceptors (Lipinski definition) is 5. The second-order valence-corrected chi connectivity index (χ2v) is 8.48. The normalized spacial score (nSPS) is 17.9. The molecule has 1 fully saturated rings. The Morgan fingerprint density at radius 1 is 0.846 bits per heavy atom. The predicted molar refractivity (Wildman–Crippen MR) is 108 cm³/mol. The molecule has 1 aliphatic heterocycles. The SMILES string of the molecule is c1cc(-c2nc(N3CCCCCC3)c3c4c(sc3n2)CCCC4)ccn1. The minimum Gasteiger partial charge on any atom is -0.356 e. The number of pyridine rings is 1. The highest BCUT2D eigenvalue weighted by Gasteiger charge is 2.24. The molecule has 2 aliphatic rings. The second-order valence-electron chi connectivity index (χ2n) is 7.40. The molecule has 0 unspecified atom stereocenters. The van der Waals surface area contributed by atoms with Gasteiger partial charge in [0.1, 0.15) is 10.6 Å². The van der Waals surface area contributed by atoms with Gasteiger partial charge in [0.2, 0.25) is 0 Å². The maximum atomic E-state index is 5.11. The third kappa shape index (κ3) is 2.88. The van der Waals surface area contributed by atoms with Crippen LogP contribution in [0.3, 0.4) is 0 Å². The fourth-order valence-corrected chi connectivity index (χ4v) is 5.54. The maximum absolute atomic E-state index is 5.11. The Kier molecular flexibility index (Phi) is 4.33. The summed E-state index contributed by atoms with van der Waals surface area (Å²) in [5, 5.41) is 1.35. The lowest BCUT2D eigenvalue weighted by atomic mass is 9.97. The number of aromatic nitrogens is 3. The summed E-state index contributed by atoms with van der Waals surface area (Å²) in [6, 6.07) is 4.03. The van der Waals surface area contributed by atoms with Crippen LogP contribution in [0.25, 0.3) is 21.6 Å². The zero-order valence-electron chi connectivity index (χ0n) is 15.1. The van der Waals surface area contributed by atoms with E-state index >= 15 is 0 Å². The third-order valence-electron chi connectivity index (χ3n) is 5.64. The van der Waals surface area contributed by atoms with E-state index in [-0.39, 0.29) is 0 Å². The van der Waals surface area contributed by atoms with E-state index in [0.717, 1.165) is 24.5 Å². The molecule has 26 heavy (non-hydrogen) atoms. The van der Waals surface area contributed by atoms with Gasteiger partial charge in [-0.2, -0.15) is 0 Å². The van der Waals surface area contributed by atoms with Gasteiger partial charge in [0.05, 0.1) is 5.39 Å². The van der Waals surface area contributed by atoms with E-state index in [1.165, 1.54) is 73.0 Å². The molecular formula is C21H24N4S. The molecule has 134 valence electrons. The third-order valence-corrected chi connectivity index (χ3v) is 6.83. The van der Waals surface area contributed by atoms with Crippen molar-refractivity contribution in [3.05, 3.63) is 35.0 Å². The zero-order valence-corrected chi connectivity index (χ0v) is 15.9. The fraction of sp³-hybridized carbons (Fsp3) is 0.476. The summed E-state index contributed by atoms with van der Waals surface area (Å²) in [7, 11) is 0. The van der Waals surface area contributed by atoms with Crippen LogP contribution in [-0.2, 0) is 12.8 Å². The summed E-state index contributed by atoms with van der Waals surface area (Å²) in [6.07, 6.45) is 13.9. The molecule has 4 nitrogen and oxygen atoms in total. The van der Waals surface area contributed by atoms with E-state index < -0.39 is 0 Å². The molecule has 1 saturated heterocycles. The molecule has 3 aromatic heterocycles. The van der Waals surface area contributed by atoms with Crippen molar-refractivity contribution in [1.82, 2.24) is 15.0 Å². The highest BCUT2D eigenvalue weighted by Crippen LogP contribution is 2.41. The molecule has 5 rings (SSSR count). The van der Waals surface area contributed by atoms with Crippen LogP contribution in [0.15, 0.2) is 24.5 Å². The number of thiophene rings is 1. The number of aryl methyl sites for hydroxylation is 2. The Bertz CT molecular complexity index is 911. The fourth-order valence-electron chi connectivity index (χ4n) is 4.28. The number of anilines is 1. The van der Waals surface area contributed by atoms with Gasteiger partial charge in [-0.15, -0.1) is 11.3 Å². The number of fused-ring (bicyclic) bond motifs is 3. The van der Waals surface area contributed by atoms with Crippen LogP contribution < -0.4 is 4.90 Å². The average molecular weight is 365 g/mol. The minimum atomic E-state index is 0.845. The van der Waals surface area contributed by atoms with Crippen molar-refractivity contribution in [1.29, 1.82) is 0 Å². The van der Waals surface area contributed by atoms with Gasteiger partial charge in [0.15, 0.2) is 5.82 Å². The van der Waals surface area contributed by atoms with E-state index in [1.54, 1.807) is 4.88 Å². The van der Waals surface area contributed by atoms with Gasteiger partial charge in [-0.1, -0.05) is 12.8 Å². The van der Waals surface area contributed by atoms with E-state index in [1.807, 2.05) is 35.9 Å². The summed E-state index contributed by atoms with van der Waals surface area (Å²) in [5.41, 5.74) is 2.60. The lowest BCUT2D eigenvalue weighted by Gasteiger charge is -2.24. The van der Waals surface area contributed by atoms with Gasteiger partial charge in [0, 0.05) is 35.9 Å². The van der Waals surface area contributed by atoms with Crippen LogP contribution in [0, 0.1) is 0 Å². The van der Waals surface area contributed by atoms with Crippen molar-refractivity contribution >= 4 is 27.4 Å². The minimum absolute atomic E-state index is 0.845. The van der Waals surface area contributed by atoms with E-state index in [0.29, 0.717) is 0 Å². The van der Waals surface area contributed by atoms with Gasteiger partial charge >= 0.3 is 0 Å². The van der Waals surface area contributed by atoms with Gasteiger partial charge in [-0.05, 0) is 56.2 Å². The molecule has 5 heteroatoms. The highest BCUT2D eigenvalue weighted by atomic mass is 32.1. The van der Waals surface area contributed by atoms with Crippen LogP contribution in [-0.4, -0.2) is 28.0 Å². The summed E-state index contributed by atoms with van der Waals surface area (Å²) in [4.78, 5) is 19.5. The van der Waals surface area contributed by atoms with Gasteiger partial charge in [0.25, 0.3) is 0 Å². The molecule has 0 amide bonds. The van der Waals surface area contributed by atoms with E-state index in [2.05, 4.69) is 9.88 Å². The molecule has 3 aromatic rings. The Hall–Kier alpha value is -2.01. The molecule has 0 saturated carbocycles. The monoisotopic (exact) mass is 364 g/mol. The topological polar surface area (TPSA) is 41.9 Å². The summed E-state index contributed by atoms with van der Waals surface area (Å²) in [6.45, 7) is 2.24. The first kappa shape index (κ1) is 16.2. The first-order chi connectivity index (χ1) is 12.9. The molecule has 0 radical (unpaired) electrons. The average Bonchev–Trinajstić information content (AvgIpc) is 2.87. The van der Waals surface area contributed by atoms with Crippen molar-refractivity contribution in [2.75, 3.05) is 18.0 Å². The van der Waals surface area contributed by atoms with Crippen LogP contribution in [0.5, 0.6) is 0 Å². The van der Waals surface area contributed by atoms with Crippen LogP contribution >= 0.6 is 11.3 Å². The summed E-state index contributed by atoms with van der Waals surface area (Å²) < 4.78 is 0. The molecule has 4 heterocycles. The van der Waals surface area contributed by atoms with E-state index in [4.69, 9.17) is 9.97 Å². The zero-order chi connectivity index (χ0) is 17.3. The van der Waals surface area contributed by atoms with Crippen molar-refractivity contribution in [3.8, 4) is 11.4 Å². The summed E-state index contributed by atoms with van der Waals surface area (Å²) in [5.74, 6) is 2.03. The molecule has 0 aromatic carbocycles. The van der Waals surface area contributed by atoms with Crippen LogP contribution in [0.2, 0.25) is 0 Å². The van der Waals surface area contributed by atoms with Crippen LogP contribution in [0.4, 0.5) is 5.82 Å². The number of nitrogens with zero attached hydrogens (tertiary/aromatic N) is 4. The molecule has 0 atom stereocenters. The first-order valence-corrected chi connectivity index (χ1v) is 10.7. The number of rotatable bonds is 2. The standard InChI is InChI=1S/C21H24N4S/c1-2-6-14-25(13-5-1)20-18-16-7-3-4-8-17(16)26-21(18)24-19(23-20)15-9-11-22-12-10-15/h9-12H,1-8,13-14H2. The van der Waals surface area contributed by atoms with Crippen molar-refractivity contribution in [2.24, 2.45) is 0 Å². The Morgan fingerprint density at radius 2 is 1.62 bits per heavy atom. The Morgan fingerprint density at radius 3 is 2.42 bits per heavy atom. The van der Waals surface area contributed by atoms with Crippen molar-refractivity contribution < 1.29 is 0 Å². The Labute approximate surface area is 158 Å². The lowest BCUT2D eigenvalue weighted by molar-refractivity contribution is 0.699. The smallest absolute Gasteiger partial charge is 0.163 e. The van der Waals surface area contributed by atoms with Crippen LogP contribution in [0.1, 0.15) is 49.0 Å². The highest BCUT2D eigenvalue weighted by molar-refractivity contribution is 7.19. The van der Waals surface area contributed by atoms with Gasteiger partial charge in [-0.3, -0.25) is 4.98 Å². The number of hydrogen-bond donors (Lipinski definition) is 0. The quantitative estimate of drug-likeness (QED) is 0.641.